The molecule has 0 aromatic heterocycles. The maximum atomic E-state index is 8.52. The number of rotatable bonds is 0. The SMILES string of the molecule is O=[Si]([O-])[O-].[CaH2].[CaH2].[Na+].[Na+].[P].[P]. The molecule has 10 heavy (non-hydrogen) atoms. The van der Waals surface area contributed by atoms with Gasteiger partial charge in [0, 0.05) is 29.0 Å². The average molecular weight is 268 g/mol. The minimum absolute atomic E-state index is 0. The van der Waals surface area contributed by atoms with E-state index in [-0.39, 0.29) is 154 Å². The molecule has 0 aliphatic carbocycles. The molecule has 0 N–H and O–H groups in total. The first-order valence-corrected chi connectivity index (χ1v) is 1.84. The molecule has 0 aliphatic rings. The van der Waals surface area contributed by atoms with Gasteiger partial charge in [0.05, 0.1) is 0 Å². The van der Waals surface area contributed by atoms with Crippen LogP contribution >= 0.6 is 19.8 Å². The van der Waals surface area contributed by atoms with Crippen LogP contribution in [0.2, 0.25) is 0 Å². The van der Waals surface area contributed by atoms with Crippen LogP contribution in [0.5, 0.6) is 0 Å². The van der Waals surface area contributed by atoms with Gasteiger partial charge in [0.2, 0.25) is 0 Å². The second-order valence-electron chi connectivity index (χ2n) is 0.250. The molecule has 42 valence electrons. The number of hydrogen-bond donors (Lipinski definition) is 0. The molecule has 3 nitrogen and oxygen atoms in total. The van der Waals surface area contributed by atoms with Crippen LogP contribution in [-0.4, -0.2) is 84.6 Å². The molecular weight excluding hydrogens is 264 g/mol. The normalized spacial score (nSPS) is 2.40. The molecule has 0 saturated heterocycles. The second kappa shape index (κ2) is 37.0. The average Bonchev–Trinajstić information content (AvgIpc) is 0.811. The molecule has 0 aliphatic heterocycles. The molecule has 10 heteroatoms. The fourth-order valence-corrected chi connectivity index (χ4v) is 0. The first-order chi connectivity index (χ1) is 1.73. The smallest absolute Gasteiger partial charge is 0 e. The fourth-order valence-electron chi connectivity index (χ4n) is 0. The maximum Gasteiger partial charge on any atom is 1.00 e. The molecule has 0 amide bonds. The van der Waals surface area contributed by atoms with Gasteiger partial charge in [0.1, 0.15) is 0 Å². The third kappa shape index (κ3) is 74.9. The first kappa shape index (κ1) is 45.9. The molecule has 0 unspecified atom stereocenters. The van der Waals surface area contributed by atoms with E-state index in [0.717, 1.165) is 0 Å². The largest absolute Gasteiger partial charge is 1.00 e. The summed E-state index contributed by atoms with van der Waals surface area (Å²) in [4.78, 5) is 17.0. The summed E-state index contributed by atoms with van der Waals surface area (Å²) < 4.78 is 8.52. The minimum atomic E-state index is -3.63. The summed E-state index contributed by atoms with van der Waals surface area (Å²) in [6.07, 6.45) is 0. The van der Waals surface area contributed by atoms with Crippen molar-refractivity contribution < 1.29 is 73.2 Å². The minimum Gasteiger partial charge on any atom is 0 e. The zero-order chi connectivity index (χ0) is 3.58. The third-order valence-corrected chi connectivity index (χ3v) is 0. The summed E-state index contributed by atoms with van der Waals surface area (Å²) in [7, 11) is -3.63. The van der Waals surface area contributed by atoms with Gasteiger partial charge >= 0.3 is 135 Å². The molecule has 6 radical (unpaired) electrons. The molecule has 0 bridgehead atoms. The number of hydrogen-bond acceptors (Lipinski definition) is 3. The van der Waals surface area contributed by atoms with Gasteiger partial charge in [-0.05, 0) is 0 Å². The predicted molar refractivity (Wildman–Crippen MR) is 37.4 cm³/mol. The standard InChI is InChI=1S/2Ca.2Na.O3Si.2P.4H/c;;;;1-4(2)3;;;;;;/q;;2*+1;-2;;;;;;. The van der Waals surface area contributed by atoms with Crippen molar-refractivity contribution >= 4 is 104 Å². The van der Waals surface area contributed by atoms with Crippen LogP contribution in [0.15, 0.2) is 0 Å². The van der Waals surface area contributed by atoms with Gasteiger partial charge in [-0.1, -0.05) is 0 Å². The monoisotopic (exact) mass is 268 g/mol. The van der Waals surface area contributed by atoms with E-state index in [1.54, 1.807) is 0 Å². The van der Waals surface area contributed by atoms with Gasteiger partial charge in [0.15, 0.2) is 0 Å². The van der Waals surface area contributed by atoms with Crippen molar-refractivity contribution in [1.29, 1.82) is 0 Å². The summed E-state index contributed by atoms with van der Waals surface area (Å²) in [6, 6.07) is 0. The molecule has 0 heterocycles. The topological polar surface area (TPSA) is 63.2 Å². The van der Waals surface area contributed by atoms with E-state index in [4.69, 9.17) is 14.1 Å². The summed E-state index contributed by atoms with van der Waals surface area (Å²) in [5.41, 5.74) is 0. The Bertz CT molecular complexity index is 45.5. The van der Waals surface area contributed by atoms with Crippen molar-refractivity contribution in [2.45, 2.75) is 0 Å². The van der Waals surface area contributed by atoms with E-state index in [1.807, 2.05) is 0 Å². The zero-order valence-electron chi connectivity index (χ0n) is 4.62. The second-order valence-corrected chi connectivity index (χ2v) is 0.750. The van der Waals surface area contributed by atoms with Crippen LogP contribution in [0.25, 0.3) is 0 Å². The summed E-state index contributed by atoms with van der Waals surface area (Å²) >= 11 is 0. The van der Waals surface area contributed by atoms with Crippen molar-refractivity contribution in [3.63, 3.8) is 0 Å². The van der Waals surface area contributed by atoms with Gasteiger partial charge in [0.25, 0.3) is 0 Å². The molecular formula is H4Ca2Na2O3P2Si. The van der Waals surface area contributed by atoms with Gasteiger partial charge in [-0.3, -0.25) is 0 Å². The summed E-state index contributed by atoms with van der Waals surface area (Å²) in [6.45, 7) is 0. The van der Waals surface area contributed by atoms with E-state index in [2.05, 4.69) is 0 Å². The Hall–Kier alpha value is 5.00. The van der Waals surface area contributed by atoms with Crippen molar-refractivity contribution in [3.8, 4) is 0 Å². The van der Waals surface area contributed by atoms with Crippen LogP contribution in [0.3, 0.4) is 0 Å². The van der Waals surface area contributed by atoms with Crippen LogP contribution in [0, 0.1) is 0 Å². The first-order valence-electron chi connectivity index (χ1n) is 0.612. The van der Waals surface area contributed by atoms with E-state index >= 15 is 0 Å². The Labute approximate surface area is 173 Å². The van der Waals surface area contributed by atoms with Gasteiger partial charge in [-0.25, -0.2) is 0 Å². The van der Waals surface area contributed by atoms with Crippen LogP contribution in [0.4, 0.5) is 0 Å². The van der Waals surface area contributed by atoms with Crippen LogP contribution in [0.1, 0.15) is 0 Å². The molecule has 0 spiro atoms. The van der Waals surface area contributed by atoms with Crippen molar-refractivity contribution in [2.75, 3.05) is 0 Å². The fraction of sp³-hybridized carbons (Fsp3) is 0. The maximum absolute atomic E-state index is 8.52. The van der Waals surface area contributed by atoms with Crippen molar-refractivity contribution in [3.05, 3.63) is 0 Å². The van der Waals surface area contributed by atoms with Gasteiger partial charge in [-0.15, -0.1) is 0 Å². The van der Waals surface area contributed by atoms with E-state index < -0.39 is 9.17 Å². The molecule has 0 atom stereocenters. The summed E-state index contributed by atoms with van der Waals surface area (Å²) in [5.74, 6) is 0. The van der Waals surface area contributed by atoms with Crippen molar-refractivity contribution in [2.24, 2.45) is 0 Å². The quantitative estimate of drug-likeness (QED) is 0.324. The van der Waals surface area contributed by atoms with E-state index in [1.165, 1.54) is 0 Å². The Balaban J connectivity index is -0.00000000300. The molecule has 0 rings (SSSR count). The molecule has 0 aromatic carbocycles. The van der Waals surface area contributed by atoms with E-state index in [0.29, 0.717) is 0 Å². The van der Waals surface area contributed by atoms with Gasteiger partial charge < -0.3 is 14.1 Å². The summed E-state index contributed by atoms with van der Waals surface area (Å²) in [5, 5.41) is 0. The predicted octanol–water partition coefficient (Wildman–Crippen LogP) is -8.98. The Morgan fingerprint density at radius 1 is 0.900 bits per heavy atom. The van der Waals surface area contributed by atoms with Gasteiger partial charge in [-0.2, -0.15) is 0 Å². The Kier molecular flexibility index (Phi) is 170. The van der Waals surface area contributed by atoms with Crippen LogP contribution < -0.4 is 68.7 Å². The molecule has 0 fully saturated rings. The zero-order valence-corrected chi connectivity index (χ0v) is 11.4. The molecule has 0 aromatic rings. The van der Waals surface area contributed by atoms with E-state index in [9.17, 15) is 0 Å². The third-order valence-electron chi connectivity index (χ3n) is 0. The van der Waals surface area contributed by atoms with Crippen molar-refractivity contribution in [1.82, 2.24) is 0 Å². The van der Waals surface area contributed by atoms with Crippen LogP contribution in [-0.2, 0) is 4.46 Å². The Morgan fingerprint density at radius 3 is 0.900 bits per heavy atom. The molecule has 0 saturated carbocycles. The Morgan fingerprint density at radius 2 is 0.900 bits per heavy atom.